The Morgan fingerprint density at radius 2 is 1.79 bits per heavy atom. The highest BCUT2D eigenvalue weighted by molar-refractivity contribution is 7.90. The lowest BCUT2D eigenvalue weighted by molar-refractivity contribution is 0.317. The Balaban J connectivity index is 2.79. The first-order valence-electron chi connectivity index (χ1n) is 4.47. The van der Waals surface area contributed by atoms with Gasteiger partial charge in [0.05, 0.1) is 11.5 Å². The van der Waals surface area contributed by atoms with Gasteiger partial charge in [0.1, 0.15) is 5.75 Å². The molecule has 78 valence electrons. The molecule has 0 radical (unpaired) electrons. The van der Waals surface area contributed by atoms with Crippen LogP contribution in [0, 0.1) is 0 Å². The number of hydrogen-bond acceptors (Lipinski definition) is 3. The molecular weight excluding hydrogens is 200 g/mol. The van der Waals surface area contributed by atoms with E-state index in [0.717, 1.165) is 6.42 Å². The van der Waals surface area contributed by atoms with Crippen molar-refractivity contribution < 1.29 is 13.2 Å². The molecule has 14 heavy (non-hydrogen) atoms. The third-order valence-corrected chi connectivity index (χ3v) is 2.85. The van der Waals surface area contributed by atoms with Crippen molar-refractivity contribution in [3.8, 4) is 5.75 Å². The Kier molecular flexibility index (Phi) is 3.52. The van der Waals surface area contributed by atoms with Gasteiger partial charge in [0.25, 0.3) is 0 Å². The molecule has 0 aromatic heterocycles. The molecule has 0 heterocycles. The van der Waals surface area contributed by atoms with Crippen LogP contribution in [-0.2, 0) is 9.84 Å². The Bertz CT molecular complexity index is 378. The van der Waals surface area contributed by atoms with Gasteiger partial charge in [-0.25, -0.2) is 8.42 Å². The molecule has 4 heteroatoms. The third-order valence-electron chi connectivity index (χ3n) is 1.72. The Morgan fingerprint density at radius 3 is 2.21 bits per heavy atom. The maximum absolute atomic E-state index is 11.1. The molecule has 1 aromatic rings. The molecule has 0 N–H and O–H groups in total. The Morgan fingerprint density at radius 1 is 1.21 bits per heavy atom. The fourth-order valence-corrected chi connectivity index (χ4v) is 1.63. The van der Waals surface area contributed by atoms with Crippen molar-refractivity contribution >= 4 is 9.84 Å². The van der Waals surface area contributed by atoms with Crippen LogP contribution in [0.2, 0.25) is 0 Å². The van der Waals surface area contributed by atoms with Crippen molar-refractivity contribution in [2.45, 2.75) is 18.2 Å². The van der Waals surface area contributed by atoms with Crippen LogP contribution in [0.5, 0.6) is 5.75 Å². The second-order valence-electron chi connectivity index (χ2n) is 3.09. The highest BCUT2D eigenvalue weighted by Gasteiger charge is 2.05. The van der Waals surface area contributed by atoms with Crippen LogP contribution in [0.15, 0.2) is 29.2 Å². The number of benzene rings is 1. The molecule has 0 bridgehead atoms. The van der Waals surface area contributed by atoms with Crippen molar-refractivity contribution in [2.75, 3.05) is 12.9 Å². The third kappa shape index (κ3) is 3.03. The van der Waals surface area contributed by atoms with E-state index in [2.05, 4.69) is 0 Å². The van der Waals surface area contributed by atoms with Crippen molar-refractivity contribution in [3.63, 3.8) is 0 Å². The van der Waals surface area contributed by atoms with E-state index in [1.807, 2.05) is 6.92 Å². The molecular formula is C10H14O3S. The lowest BCUT2D eigenvalue weighted by Gasteiger charge is -2.04. The summed E-state index contributed by atoms with van der Waals surface area (Å²) in [4.78, 5) is 0.321. The van der Waals surface area contributed by atoms with Crippen LogP contribution in [-0.4, -0.2) is 21.3 Å². The molecule has 0 aliphatic heterocycles. The van der Waals surface area contributed by atoms with Crippen molar-refractivity contribution in [1.29, 1.82) is 0 Å². The minimum absolute atomic E-state index is 0.321. The summed E-state index contributed by atoms with van der Waals surface area (Å²) in [7, 11) is -3.10. The minimum Gasteiger partial charge on any atom is -0.494 e. The van der Waals surface area contributed by atoms with Gasteiger partial charge in [-0.15, -0.1) is 0 Å². The van der Waals surface area contributed by atoms with Gasteiger partial charge in [-0.1, -0.05) is 6.92 Å². The molecule has 0 fully saturated rings. The van der Waals surface area contributed by atoms with Gasteiger partial charge in [0.15, 0.2) is 9.84 Å². The summed E-state index contributed by atoms with van der Waals surface area (Å²) in [5.74, 6) is 0.708. The Hall–Kier alpha value is -1.03. The Labute approximate surface area is 84.6 Å². The maximum atomic E-state index is 11.1. The molecule has 3 nitrogen and oxygen atoms in total. The predicted octanol–water partition coefficient (Wildman–Crippen LogP) is 1.88. The van der Waals surface area contributed by atoms with E-state index in [0.29, 0.717) is 17.3 Å². The van der Waals surface area contributed by atoms with Crippen LogP contribution in [0.1, 0.15) is 13.3 Å². The zero-order valence-electron chi connectivity index (χ0n) is 8.36. The monoisotopic (exact) mass is 214 g/mol. The standard InChI is InChI=1S/C10H14O3S/c1-3-8-13-9-4-6-10(7-5-9)14(2,11)12/h4-7H,3,8H2,1-2H3. The largest absolute Gasteiger partial charge is 0.494 e. The second-order valence-corrected chi connectivity index (χ2v) is 5.11. The van der Waals surface area contributed by atoms with E-state index in [1.165, 1.54) is 6.26 Å². The molecule has 0 aliphatic carbocycles. The van der Waals surface area contributed by atoms with E-state index in [-0.39, 0.29) is 0 Å². The van der Waals surface area contributed by atoms with Crippen LogP contribution in [0.25, 0.3) is 0 Å². The highest BCUT2D eigenvalue weighted by Crippen LogP contribution is 2.15. The summed E-state index contributed by atoms with van der Waals surface area (Å²) < 4.78 is 27.6. The highest BCUT2D eigenvalue weighted by atomic mass is 32.2. The average molecular weight is 214 g/mol. The van der Waals surface area contributed by atoms with Gasteiger partial charge in [-0.3, -0.25) is 0 Å². The molecule has 0 aliphatic rings. The lowest BCUT2D eigenvalue weighted by atomic mass is 10.3. The van der Waals surface area contributed by atoms with Crippen molar-refractivity contribution in [2.24, 2.45) is 0 Å². The normalized spacial score (nSPS) is 11.3. The van der Waals surface area contributed by atoms with Crippen molar-refractivity contribution in [1.82, 2.24) is 0 Å². The number of ether oxygens (including phenoxy) is 1. The van der Waals surface area contributed by atoms with Gasteiger partial charge in [-0.05, 0) is 30.7 Å². The molecule has 1 rings (SSSR count). The van der Waals surface area contributed by atoms with Crippen LogP contribution in [0.4, 0.5) is 0 Å². The van der Waals surface area contributed by atoms with Gasteiger partial charge in [0.2, 0.25) is 0 Å². The smallest absolute Gasteiger partial charge is 0.175 e. The van der Waals surface area contributed by atoms with E-state index in [4.69, 9.17) is 4.74 Å². The molecule has 0 amide bonds. The average Bonchev–Trinajstić information content (AvgIpc) is 2.14. The van der Waals surface area contributed by atoms with E-state index >= 15 is 0 Å². The molecule has 0 saturated carbocycles. The molecule has 0 spiro atoms. The molecule has 1 aromatic carbocycles. The lowest BCUT2D eigenvalue weighted by Crippen LogP contribution is -1.98. The van der Waals surface area contributed by atoms with E-state index in [1.54, 1.807) is 24.3 Å². The van der Waals surface area contributed by atoms with Gasteiger partial charge >= 0.3 is 0 Å². The summed E-state index contributed by atoms with van der Waals surface area (Å²) in [6, 6.07) is 6.46. The summed E-state index contributed by atoms with van der Waals surface area (Å²) in [6.45, 7) is 2.67. The molecule has 0 unspecified atom stereocenters. The van der Waals surface area contributed by atoms with Crippen molar-refractivity contribution in [3.05, 3.63) is 24.3 Å². The summed E-state index contributed by atoms with van der Waals surface area (Å²) >= 11 is 0. The number of sulfone groups is 1. The predicted molar refractivity (Wildman–Crippen MR) is 55.3 cm³/mol. The summed E-state index contributed by atoms with van der Waals surface area (Å²) in [5, 5.41) is 0. The first-order chi connectivity index (χ1) is 6.54. The fourth-order valence-electron chi connectivity index (χ4n) is 1.00. The van der Waals surface area contributed by atoms with E-state index < -0.39 is 9.84 Å². The topological polar surface area (TPSA) is 43.4 Å². The van der Waals surface area contributed by atoms with Gasteiger partial charge < -0.3 is 4.74 Å². The number of hydrogen-bond donors (Lipinski definition) is 0. The first-order valence-corrected chi connectivity index (χ1v) is 6.36. The van der Waals surface area contributed by atoms with Crippen LogP contribution < -0.4 is 4.74 Å². The number of rotatable bonds is 4. The van der Waals surface area contributed by atoms with Crippen LogP contribution in [0.3, 0.4) is 0 Å². The first kappa shape index (κ1) is 11.0. The molecule has 0 atom stereocenters. The quantitative estimate of drug-likeness (QED) is 0.768. The second kappa shape index (κ2) is 4.46. The van der Waals surface area contributed by atoms with E-state index in [9.17, 15) is 8.42 Å². The SMILES string of the molecule is CCCOc1ccc(S(C)(=O)=O)cc1. The zero-order chi connectivity index (χ0) is 10.6. The molecule has 0 saturated heterocycles. The maximum Gasteiger partial charge on any atom is 0.175 e. The summed E-state index contributed by atoms with van der Waals surface area (Å²) in [5.41, 5.74) is 0. The van der Waals surface area contributed by atoms with Gasteiger partial charge in [0, 0.05) is 6.26 Å². The van der Waals surface area contributed by atoms with Gasteiger partial charge in [-0.2, -0.15) is 0 Å². The zero-order valence-corrected chi connectivity index (χ0v) is 9.17. The van der Waals surface area contributed by atoms with Crippen LogP contribution >= 0.6 is 0 Å². The minimum atomic E-state index is -3.10. The summed E-state index contributed by atoms with van der Waals surface area (Å²) in [6.07, 6.45) is 2.13. The fraction of sp³-hybridized carbons (Fsp3) is 0.400.